The van der Waals surface area contributed by atoms with Crippen molar-refractivity contribution in [1.29, 1.82) is 0 Å². The number of hydrogen-bond acceptors (Lipinski definition) is 2. The zero-order valence-corrected chi connectivity index (χ0v) is 15.7. The first-order chi connectivity index (χ1) is 12.6. The molecule has 3 aromatic rings. The molecule has 4 rings (SSSR count). The summed E-state index contributed by atoms with van der Waals surface area (Å²) in [5, 5.41) is 1.18. The topological polar surface area (TPSA) is 49.0 Å². The van der Waals surface area contributed by atoms with Gasteiger partial charge in [-0.05, 0) is 68.4 Å². The van der Waals surface area contributed by atoms with E-state index in [1.807, 2.05) is 17.2 Å². The molecule has 4 nitrogen and oxygen atoms in total. The van der Waals surface area contributed by atoms with Gasteiger partial charge in [0.25, 0.3) is 5.91 Å². The molecule has 1 saturated heterocycles. The van der Waals surface area contributed by atoms with E-state index in [9.17, 15) is 4.79 Å². The number of benzene rings is 1. The van der Waals surface area contributed by atoms with Crippen molar-refractivity contribution in [3.05, 3.63) is 64.6 Å². The summed E-state index contributed by atoms with van der Waals surface area (Å²) < 4.78 is 0. The fourth-order valence-corrected chi connectivity index (χ4v) is 4.25. The largest absolute Gasteiger partial charge is 0.350 e. The quantitative estimate of drug-likeness (QED) is 0.720. The SMILES string of the molecule is Cc1ccc(C)c2c(C)c(C(=O)N3CCCC[C@@H]3c3cccnc3)[nH]c12. The molecule has 0 radical (unpaired) electrons. The Hall–Kier alpha value is -2.62. The smallest absolute Gasteiger partial charge is 0.271 e. The molecule has 1 N–H and O–H groups in total. The molecule has 4 heteroatoms. The third-order valence-corrected chi connectivity index (χ3v) is 5.67. The van der Waals surface area contributed by atoms with Crippen molar-refractivity contribution in [2.45, 2.75) is 46.1 Å². The Morgan fingerprint density at radius 3 is 2.69 bits per heavy atom. The van der Waals surface area contributed by atoms with Crippen LogP contribution >= 0.6 is 0 Å². The van der Waals surface area contributed by atoms with Crippen molar-refractivity contribution >= 4 is 16.8 Å². The number of likely N-dealkylation sites (tertiary alicyclic amines) is 1. The average molecular weight is 347 g/mol. The van der Waals surface area contributed by atoms with Gasteiger partial charge in [-0.1, -0.05) is 18.2 Å². The molecule has 1 aliphatic rings. The van der Waals surface area contributed by atoms with Gasteiger partial charge in [0.05, 0.1) is 6.04 Å². The number of carbonyl (C=O) groups excluding carboxylic acids is 1. The fourth-order valence-electron chi connectivity index (χ4n) is 4.25. The second-order valence-corrected chi connectivity index (χ2v) is 7.37. The Morgan fingerprint density at radius 1 is 1.15 bits per heavy atom. The van der Waals surface area contributed by atoms with Crippen LogP contribution < -0.4 is 0 Å². The van der Waals surface area contributed by atoms with Gasteiger partial charge in [-0.3, -0.25) is 9.78 Å². The van der Waals surface area contributed by atoms with Crippen LogP contribution in [0.15, 0.2) is 36.7 Å². The van der Waals surface area contributed by atoms with Crippen LogP contribution in [0.1, 0.15) is 58.0 Å². The number of nitrogens with one attached hydrogen (secondary N) is 1. The van der Waals surface area contributed by atoms with Gasteiger partial charge in [-0.15, -0.1) is 0 Å². The lowest BCUT2D eigenvalue weighted by molar-refractivity contribution is 0.0605. The van der Waals surface area contributed by atoms with Crippen LogP contribution in [0.4, 0.5) is 0 Å². The van der Waals surface area contributed by atoms with Crippen LogP contribution in [0.2, 0.25) is 0 Å². The van der Waals surface area contributed by atoms with Gasteiger partial charge in [-0.2, -0.15) is 0 Å². The van der Waals surface area contributed by atoms with Crippen molar-refractivity contribution in [2.75, 3.05) is 6.54 Å². The van der Waals surface area contributed by atoms with E-state index in [0.29, 0.717) is 0 Å². The lowest BCUT2D eigenvalue weighted by Crippen LogP contribution is -2.39. The standard InChI is InChI=1S/C22H25N3O/c1-14-9-10-15(2)20-19(14)16(3)21(24-20)22(26)25-12-5-4-8-18(25)17-7-6-11-23-13-17/h6-7,9-11,13,18,24H,4-5,8,12H2,1-3H3/t18-/m1/s1. The predicted octanol–water partition coefficient (Wildman–Crippen LogP) is 4.86. The molecule has 3 heterocycles. The van der Waals surface area contributed by atoms with E-state index >= 15 is 0 Å². The second-order valence-electron chi connectivity index (χ2n) is 7.37. The number of rotatable bonds is 2. The summed E-state index contributed by atoms with van der Waals surface area (Å²) in [4.78, 5) is 23.2. The number of aryl methyl sites for hydroxylation is 3. The number of piperidine rings is 1. The van der Waals surface area contributed by atoms with Crippen molar-refractivity contribution in [2.24, 2.45) is 0 Å². The summed E-state index contributed by atoms with van der Waals surface area (Å²) in [5.74, 6) is 0.103. The minimum Gasteiger partial charge on any atom is -0.350 e. The Balaban J connectivity index is 1.77. The first kappa shape index (κ1) is 16.8. The molecule has 0 saturated carbocycles. The molecule has 1 aliphatic heterocycles. The lowest BCUT2D eigenvalue weighted by Gasteiger charge is -2.35. The van der Waals surface area contributed by atoms with Gasteiger partial charge < -0.3 is 9.88 Å². The van der Waals surface area contributed by atoms with Gasteiger partial charge in [0, 0.05) is 29.8 Å². The maximum atomic E-state index is 13.5. The van der Waals surface area contributed by atoms with Crippen LogP contribution in [0, 0.1) is 20.8 Å². The zero-order chi connectivity index (χ0) is 18.3. The van der Waals surface area contributed by atoms with E-state index < -0.39 is 0 Å². The van der Waals surface area contributed by atoms with E-state index in [0.717, 1.165) is 48.1 Å². The molecule has 134 valence electrons. The minimum absolute atomic E-state index is 0.103. The summed E-state index contributed by atoms with van der Waals surface area (Å²) >= 11 is 0. The summed E-state index contributed by atoms with van der Waals surface area (Å²) in [7, 11) is 0. The number of carbonyl (C=O) groups is 1. The Morgan fingerprint density at radius 2 is 1.96 bits per heavy atom. The van der Waals surface area contributed by atoms with E-state index in [-0.39, 0.29) is 11.9 Å². The van der Waals surface area contributed by atoms with E-state index in [1.165, 1.54) is 16.5 Å². The number of nitrogens with zero attached hydrogens (tertiary/aromatic N) is 2. The Kier molecular flexibility index (Phi) is 4.27. The Labute approximate surface area is 154 Å². The number of H-pyrrole nitrogens is 1. The third-order valence-electron chi connectivity index (χ3n) is 5.67. The van der Waals surface area contributed by atoms with Gasteiger partial charge in [0.2, 0.25) is 0 Å². The number of pyridine rings is 1. The number of aromatic amines is 1. The molecule has 1 aromatic carbocycles. The van der Waals surface area contributed by atoms with E-state index in [4.69, 9.17) is 0 Å². The number of aromatic nitrogens is 2. The van der Waals surface area contributed by atoms with Gasteiger partial charge >= 0.3 is 0 Å². The number of hydrogen-bond donors (Lipinski definition) is 1. The normalized spacial score (nSPS) is 17.7. The highest BCUT2D eigenvalue weighted by Gasteiger charge is 2.31. The van der Waals surface area contributed by atoms with Crippen LogP contribution in [0.3, 0.4) is 0 Å². The minimum atomic E-state index is 0.103. The molecule has 0 spiro atoms. The van der Waals surface area contributed by atoms with Crippen LogP contribution in [-0.2, 0) is 0 Å². The molecular weight excluding hydrogens is 322 g/mol. The first-order valence-corrected chi connectivity index (χ1v) is 9.37. The van der Waals surface area contributed by atoms with Gasteiger partial charge in [0.15, 0.2) is 0 Å². The lowest BCUT2D eigenvalue weighted by atomic mass is 9.95. The molecule has 0 unspecified atom stereocenters. The summed E-state index contributed by atoms with van der Waals surface area (Å²) in [6.07, 6.45) is 6.87. The fraction of sp³-hybridized carbons (Fsp3) is 0.364. The molecule has 0 aliphatic carbocycles. The maximum Gasteiger partial charge on any atom is 0.271 e. The van der Waals surface area contributed by atoms with E-state index in [2.05, 4.69) is 48.9 Å². The monoisotopic (exact) mass is 347 g/mol. The highest BCUT2D eigenvalue weighted by atomic mass is 16.2. The molecule has 26 heavy (non-hydrogen) atoms. The first-order valence-electron chi connectivity index (χ1n) is 9.37. The molecule has 2 aromatic heterocycles. The second kappa shape index (κ2) is 6.60. The highest BCUT2D eigenvalue weighted by molar-refractivity contribution is 6.02. The molecule has 1 atom stereocenters. The highest BCUT2D eigenvalue weighted by Crippen LogP contribution is 2.34. The van der Waals surface area contributed by atoms with Crippen molar-refractivity contribution in [1.82, 2.24) is 14.9 Å². The maximum absolute atomic E-state index is 13.5. The van der Waals surface area contributed by atoms with Crippen molar-refractivity contribution < 1.29 is 4.79 Å². The van der Waals surface area contributed by atoms with Crippen LogP contribution in [-0.4, -0.2) is 27.3 Å². The average Bonchev–Trinajstić information content (AvgIpc) is 3.03. The van der Waals surface area contributed by atoms with Gasteiger partial charge in [0.1, 0.15) is 5.69 Å². The van der Waals surface area contributed by atoms with Gasteiger partial charge in [-0.25, -0.2) is 0 Å². The predicted molar refractivity (Wildman–Crippen MR) is 104 cm³/mol. The molecule has 0 bridgehead atoms. The van der Waals surface area contributed by atoms with Crippen molar-refractivity contribution in [3.63, 3.8) is 0 Å². The number of fused-ring (bicyclic) bond motifs is 1. The zero-order valence-electron chi connectivity index (χ0n) is 15.7. The molecule has 1 amide bonds. The summed E-state index contributed by atoms with van der Waals surface area (Å²) in [6.45, 7) is 7.05. The molecule has 1 fully saturated rings. The van der Waals surface area contributed by atoms with Crippen LogP contribution in [0.5, 0.6) is 0 Å². The summed E-state index contributed by atoms with van der Waals surface area (Å²) in [5.41, 5.74) is 6.38. The summed E-state index contributed by atoms with van der Waals surface area (Å²) in [6, 6.07) is 8.38. The Bertz CT molecular complexity index is 958. The van der Waals surface area contributed by atoms with Crippen LogP contribution in [0.25, 0.3) is 10.9 Å². The molecular formula is C22H25N3O. The number of amides is 1. The van der Waals surface area contributed by atoms with E-state index in [1.54, 1.807) is 6.20 Å². The third kappa shape index (κ3) is 2.70. The van der Waals surface area contributed by atoms with Crippen molar-refractivity contribution in [3.8, 4) is 0 Å².